The second-order valence-electron chi connectivity index (χ2n) is 4.08. The molecule has 1 rings (SSSR count). The zero-order valence-corrected chi connectivity index (χ0v) is 11.0. The maximum atomic E-state index is 4.08. The van der Waals surface area contributed by atoms with Crippen LogP contribution in [0.1, 0.15) is 24.9 Å². The van der Waals surface area contributed by atoms with E-state index in [1.165, 1.54) is 5.56 Å². The van der Waals surface area contributed by atoms with Crippen LogP contribution in [0.2, 0.25) is 0 Å². The maximum absolute atomic E-state index is 4.08. The van der Waals surface area contributed by atoms with E-state index in [2.05, 4.69) is 30.6 Å². The largest absolute Gasteiger partial charge is 0.384 e. The number of allylic oxidation sites excluding steroid dienone is 4. The van der Waals surface area contributed by atoms with E-state index in [0.717, 1.165) is 12.0 Å². The molecule has 0 radical (unpaired) electrons. The summed E-state index contributed by atoms with van der Waals surface area (Å²) in [6, 6.07) is 10.6. The summed E-state index contributed by atoms with van der Waals surface area (Å²) in [7, 11) is 0. The van der Waals surface area contributed by atoms with Gasteiger partial charge in [-0.3, -0.25) is 0 Å². The minimum atomic E-state index is 0.228. The Labute approximate surface area is 110 Å². The summed E-state index contributed by atoms with van der Waals surface area (Å²) in [5, 5.41) is 3.27. The summed E-state index contributed by atoms with van der Waals surface area (Å²) < 4.78 is 0. The van der Waals surface area contributed by atoms with E-state index in [0.29, 0.717) is 0 Å². The van der Waals surface area contributed by atoms with Gasteiger partial charge in [-0.2, -0.15) is 0 Å². The Balaban J connectivity index is 2.69. The lowest BCUT2D eigenvalue weighted by atomic mass is 9.99. The fraction of sp³-hybridized carbons (Fsp3) is 0.176. The van der Waals surface area contributed by atoms with Gasteiger partial charge in [0, 0.05) is 0 Å². The first kappa shape index (κ1) is 14.0. The van der Waals surface area contributed by atoms with Crippen molar-refractivity contribution in [2.75, 3.05) is 0 Å². The van der Waals surface area contributed by atoms with E-state index in [4.69, 9.17) is 0 Å². The van der Waals surface area contributed by atoms with Crippen molar-refractivity contribution >= 4 is 0 Å². The van der Waals surface area contributed by atoms with Crippen molar-refractivity contribution < 1.29 is 0 Å². The lowest BCUT2D eigenvalue weighted by Gasteiger charge is -2.17. The normalized spacial score (nSPS) is 12.7. The lowest BCUT2D eigenvalue weighted by Crippen LogP contribution is -2.15. The van der Waals surface area contributed by atoms with Crippen LogP contribution in [0.5, 0.6) is 0 Å². The average Bonchev–Trinajstić information content (AvgIpc) is 2.39. The molecule has 0 fully saturated rings. The second-order valence-corrected chi connectivity index (χ2v) is 4.08. The highest BCUT2D eigenvalue weighted by Gasteiger charge is 2.09. The SMILES string of the molecule is C=CNC(CC(=C)/C=C\C=C/C)c1ccccc1. The summed E-state index contributed by atoms with van der Waals surface area (Å²) in [6.45, 7) is 9.82. The second kappa shape index (κ2) is 8.13. The fourth-order valence-corrected chi connectivity index (χ4v) is 1.73. The summed E-state index contributed by atoms with van der Waals surface area (Å²) in [6.07, 6.45) is 10.7. The van der Waals surface area contributed by atoms with Crippen LogP contribution in [0, 0.1) is 0 Å². The molecule has 0 saturated carbocycles. The van der Waals surface area contributed by atoms with Crippen LogP contribution in [-0.2, 0) is 0 Å². The molecule has 0 aliphatic carbocycles. The van der Waals surface area contributed by atoms with Crippen LogP contribution in [0.15, 0.2) is 79.6 Å². The Morgan fingerprint density at radius 1 is 1.28 bits per heavy atom. The highest BCUT2D eigenvalue weighted by Crippen LogP contribution is 2.20. The first-order valence-corrected chi connectivity index (χ1v) is 6.17. The molecule has 94 valence electrons. The van der Waals surface area contributed by atoms with Crippen molar-refractivity contribution in [2.24, 2.45) is 0 Å². The first-order chi connectivity index (χ1) is 8.77. The molecule has 18 heavy (non-hydrogen) atoms. The van der Waals surface area contributed by atoms with Gasteiger partial charge in [0.25, 0.3) is 0 Å². The molecular weight excluding hydrogens is 218 g/mol. The van der Waals surface area contributed by atoms with Crippen LogP contribution in [0.3, 0.4) is 0 Å². The third-order valence-corrected chi connectivity index (χ3v) is 2.62. The van der Waals surface area contributed by atoms with Crippen molar-refractivity contribution in [1.29, 1.82) is 0 Å². The van der Waals surface area contributed by atoms with E-state index in [-0.39, 0.29) is 6.04 Å². The predicted molar refractivity (Wildman–Crippen MR) is 80.2 cm³/mol. The minimum absolute atomic E-state index is 0.228. The van der Waals surface area contributed by atoms with Gasteiger partial charge in [0.1, 0.15) is 0 Å². The fourth-order valence-electron chi connectivity index (χ4n) is 1.73. The van der Waals surface area contributed by atoms with Crippen molar-refractivity contribution in [3.63, 3.8) is 0 Å². The van der Waals surface area contributed by atoms with Gasteiger partial charge in [-0.25, -0.2) is 0 Å². The molecule has 1 heteroatoms. The third kappa shape index (κ3) is 4.88. The van der Waals surface area contributed by atoms with Crippen LogP contribution in [0.4, 0.5) is 0 Å². The maximum Gasteiger partial charge on any atom is 0.0548 e. The topological polar surface area (TPSA) is 12.0 Å². The van der Waals surface area contributed by atoms with Gasteiger partial charge in [0.05, 0.1) is 6.04 Å². The van der Waals surface area contributed by atoms with E-state index in [1.807, 2.05) is 49.4 Å². The standard InChI is InChI=1S/C17H21N/c1-4-6-8-11-15(3)14-17(18-5-2)16-12-9-7-10-13-16/h4-13,17-18H,2-3,14H2,1H3/b6-4-,11-8-. The minimum Gasteiger partial charge on any atom is -0.384 e. The summed E-state index contributed by atoms with van der Waals surface area (Å²) in [4.78, 5) is 0. The number of hydrogen-bond acceptors (Lipinski definition) is 1. The molecular formula is C17H21N. The van der Waals surface area contributed by atoms with Gasteiger partial charge in [0.15, 0.2) is 0 Å². The van der Waals surface area contributed by atoms with Crippen LogP contribution < -0.4 is 5.32 Å². The Morgan fingerprint density at radius 2 is 2.00 bits per heavy atom. The number of rotatable bonds is 7. The molecule has 1 nitrogen and oxygen atoms in total. The molecule has 1 unspecified atom stereocenters. The van der Waals surface area contributed by atoms with Crippen LogP contribution in [-0.4, -0.2) is 0 Å². The summed E-state index contributed by atoms with van der Waals surface area (Å²) in [5.74, 6) is 0. The molecule has 1 aromatic carbocycles. The highest BCUT2D eigenvalue weighted by atomic mass is 14.9. The Kier molecular flexibility index (Phi) is 6.34. The Bertz CT molecular complexity index is 426. The van der Waals surface area contributed by atoms with Gasteiger partial charge in [-0.1, -0.05) is 73.4 Å². The molecule has 0 saturated heterocycles. The van der Waals surface area contributed by atoms with Gasteiger partial charge in [0.2, 0.25) is 0 Å². The molecule has 1 N–H and O–H groups in total. The van der Waals surface area contributed by atoms with Crippen molar-refractivity contribution in [2.45, 2.75) is 19.4 Å². The van der Waals surface area contributed by atoms with E-state index < -0.39 is 0 Å². The molecule has 0 aliphatic rings. The smallest absolute Gasteiger partial charge is 0.0548 e. The van der Waals surface area contributed by atoms with Crippen molar-refractivity contribution in [3.8, 4) is 0 Å². The van der Waals surface area contributed by atoms with Gasteiger partial charge >= 0.3 is 0 Å². The van der Waals surface area contributed by atoms with Crippen LogP contribution in [0.25, 0.3) is 0 Å². The molecule has 0 heterocycles. The van der Waals surface area contributed by atoms with Crippen molar-refractivity contribution in [1.82, 2.24) is 5.32 Å². The number of hydrogen-bond donors (Lipinski definition) is 1. The zero-order chi connectivity index (χ0) is 13.2. The molecule has 1 atom stereocenters. The Morgan fingerprint density at radius 3 is 2.61 bits per heavy atom. The molecule has 0 aromatic heterocycles. The summed E-state index contributed by atoms with van der Waals surface area (Å²) in [5.41, 5.74) is 2.34. The monoisotopic (exact) mass is 239 g/mol. The first-order valence-electron chi connectivity index (χ1n) is 6.17. The van der Waals surface area contributed by atoms with E-state index in [9.17, 15) is 0 Å². The average molecular weight is 239 g/mol. The zero-order valence-electron chi connectivity index (χ0n) is 11.0. The highest BCUT2D eigenvalue weighted by molar-refractivity contribution is 5.25. The molecule has 1 aromatic rings. The van der Waals surface area contributed by atoms with Crippen molar-refractivity contribution in [3.05, 3.63) is 85.1 Å². The summed E-state index contributed by atoms with van der Waals surface area (Å²) >= 11 is 0. The third-order valence-electron chi connectivity index (χ3n) is 2.62. The number of nitrogens with one attached hydrogen (secondary N) is 1. The predicted octanol–water partition coefficient (Wildman–Crippen LogP) is 4.54. The number of benzene rings is 1. The van der Waals surface area contributed by atoms with Gasteiger partial charge in [-0.05, 0) is 25.1 Å². The van der Waals surface area contributed by atoms with Gasteiger partial charge < -0.3 is 5.32 Å². The van der Waals surface area contributed by atoms with Crippen LogP contribution >= 0.6 is 0 Å². The van der Waals surface area contributed by atoms with E-state index >= 15 is 0 Å². The van der Waals surface area contributed by atoms with Gasteiger partial charge in [-0.15, -0.1) is 0 Å². The molecule has 0 aliphatic heterocycles. The molecule has 0 amide bonds. The molecule has 0 spiro atoms. The Hall–Kier alpha value is -2.02. The lowest BCUT2D eigenvalue weighted by molar-refractivity contribution is 0.623. The molecule has 0 bridgehead atoms. The van der Waals surface area contributed by atoms with E-state index in [1.54, 1.807) is 6.20 Å². The quantitative estimate of drug-likeness (QED) is 0.689.